The molecule has 0 bridgehead atoms. The van der Waals surface area contributed by atoms with Gasteiger partial charge in [0, 0.05) is 22.4 Å². The minimum atomic E-state index is 0.823. The zero-order chi connectivity index (χ0) is 11.0. The molecule has 0 amide bonds. The van der Waals surface area contributed by atoms with Gasteiger partial charge >= 0.3 is 0 Å². The second-order valence-corrected chi connectivity index (χ2v) is 4.94. The van der Waals surface area contributed by atoms with E-state index in [2.05, 4.69) is 22.1 Å². The molecule has 2 nitrogen and oxygen atoms in total. The van der Waals surface area contributed by atoms with Crippen molar-refractivity contribution in [3.63, 3.8) is 0 Å². The first-order valence-electron chi connectivity index (χ1n) is 4.97. The molecule has 0 unspecified atom stereocenters. The number of benzene rings is 1. The van der Waals surface area contributed by atoms with Crippen LogP contribution in [-0.2, 0) is 0 Å². The molecule has 0 aliphatic carbocycles. The number of imidazole rings is 1. The van der Waals surface area contributed by atoms with Gasteiger partial charge in [-0.15, -0.1) is 11.8 Å². The highest BCUT2D eigenvalue weighted by Gasteiger charge is 2.17. The first-order chi connectivity index (χ1) is 7.86. The lowest BCUT2D eigenvalue weighted by Crippen LogP contribution is -1.97. The molecule has 0 atom stereocenters. The van der Waals surface area contributed by atoms with Crippen molar-refractivity contribution in [3.05, 3.63) is 53.1 Å². The number of rotatable bonds is 1. The normalized spacial score (nSPS) is 14.4. The van der Waals surface area contributed by atoms with Gasteiger partial charge in [0.15, 0.2) is 0 Å². The fourth-order valence-corrected chi connectivity index (χ4v) is 3.13. The van der Waals surface area contributed by atoms with Crippen LogP contribution in [0.1, 0.15) is 11.3 Å². The number of hydrogen-bond acceptors (Lipinski definition) is 2. The van der Waals surface area contributed by atoms with E-state index in [1.54, 1.807) is 18.1 Å². The van der Waals surface area contributed by atoms with Crippen molar-refractivity contribution in [2.24, 2.45) is 0 Å². The predicted octanol–water partition coefficient (Wildman–Crippen LogP) is 3.60. The lowest BCUT2D eigenvalue weighted by atomic mass is 10.0. The summed E-state index contributed by atoms with van der Waals surface area (Å²) in [6.45, 7) is 0. The average molecular weight is 249 g/mol. The number of thioether (sulfide) groups is 1. The van der Waals surface area contributed by atoms with Crippen LogP contribution in [0.15, 0.2) is 41.7 Å². The van der Waals surface area contributed by atoms with E-state index >= 15 is 0 Å². The van der Waals surface area contributed by atoms with Crippen LogP contribution in [0.4, 0.5) is 0 Å². The molecule has 0 radical (unpaired) electrons. The van der Waals surface area contributed by atoms with Crippen LogP contribution in [0.2, 0.25) is 5.02 Å². The molecule has 4 heteroatoms. The van der Waals surface area contributed by atoms with E-state index in [0.717, 1.165) is 26.9 Å². The summed E-state index contributed by atoms with van der Waals surface area (Å²) >= 11 is 7.96. The molecular weight excluding hydrogens is 240 g/mol. The smallest absolute Gasteiger partial charge is 0.0927 e. The quantitative estimate of drug-likeness (QED) is 0.835. The van der Waals surface area contributed by atoms with Crippen LogP contribution < -0.4 is 0 Å². The van der Waals surface area contributed by atoms with Gasteiger partial charge in [0.25, 0.3) is 0 Å². The fraction of sp³-hybridized carbons (Fsp3) is 0.0833. The van der Waals surface area contributed by atoms with Gasteiger partial charge in [-0.2, -0.15) is 0 Å². The molecule has 0 saturated heterocycles. The Morgan fingerprint density at radius 1 is 1.38 bits per heavy atom. The Bertz CT molecular complexity index is 546. The third kappa shape index (κ3) is 1.56. The number of aromatic nitrogens is 2. The summed E-state index contributed by atoms with van der Waals surface area (Å²) in [4.78, 5) is 8.43. The molecule has 1 aromatic carbocycles. The Kier molecular flexibility index (Phi) is 2.50. The van der Waals surface area contributed by atoms with Crippen LogP contribution >= 0.6 is 23.4 Å². The number of H-pyrrole nitrogens is 1. The van der Waals surface area contributed by atoms with E-state index in [4.69, 9.17) is 11.6 Å². The number of fused-ring (bicyclic) bond motifs is 1. The second kappa shape index (κ2) is 4.00. The first-order valence-corrected chi connectivity index (χ1v) is 6.33. The van der Waals surface area contributed by atoms with Crippen LogP contribution in [-0.4, -0.2) is 15.7 Å². The average Bonchev–Trinajstić information content (AvgIpc) is 2.82. The van der Waals surface area contributed by atoms with Gasteiger partial charge < -0.3 is 4.98 Å². The summed E-state index contributed by atoms with van der Waals surface area (Å²) in [6.07, 6.45) is 5.80. The molecule has 1 aliphatic rings. The summed E-state index contributed by atoms with van der Waals surface area (Å²) in [5, 5.41) is 0.823. The van der Waals surface area contributed by atoms with Crippen LogP contribution in [0.3, 0.4) is 0 Å². The zero-order valence-corrected chi connectivity index (χ0v) is 9.98. The summed E-state index contributed by atoms with van der Waals surface area (Å²) in [6, 6.07) is 6.00. The maximum Gasteiger partial charge on any atom is 0.0927 e. The van der Waals surface area contributed by atoms with Crippen molar-refractivity contribution in [2.75, 3.05) is 5.75 Å². The summed E-state index contributed by atoms with van der Waals surface area (Å²) < 4.78 is 0. The SMILES string of the molecule is Clc1cccc2c1SCC=C2c1c[nH]cn1. The third-order valence-corrected chi connectivity index (χ3v) is 4.04. The van der Waals surface area contributed by atoms with E-state index < -0.39 is 0 Å². The topological polar surface area (TPSA) is 28.7 Å². The Labute approximate surface area is 103 Å². The van der Waals surface area contributed by atoms with E-state index in [9.17, 15) is 0 Å². The first kappa shape index (κ1) is 10.00. The standard InChI is InChI=1S/C12H9ClN2S/c13-10-3-1-2-9-8(4-5-16-12(9)10)11-6-14-7-15-11/h1-4,6-7H,5H2,(H,14,15). The minimum Gasteiger partial charge on any atom is -0.351 e. The monoisotopic (exact) mass is 248 g/mol. The molecular formula is C12H9ClN2S. The van der Waals surface area contributed by atoms with Crippen molar-refractivity contribution >= 4 is 28.9 Å². The fourth-order valence-electron chi connectivity index (χ4n) is 1.84. The van der Waals surface area contributed by atoms with Crippen molar-refractivity contribution < 1.29 is 0 Å². The lowest BCUT2D eigenvalue weighted by molar-refractivity contribution is 1.28. The summed E-state index contributed by atoms with van der Waals surface area (Å²) in [5.74, 6) is 0.943. The molecule has 0 fully saturated rings. The summed E-state index contributed by atoms with van der Waals surface area (Å²) in [7, 11) is 0. The number of aromatic amines is 1. The highest BCUT2D eigenvalue weighted by atomic mass is 35.5. The molecule has 2 aromatic rings. The lowest BCUT2D eigenvalue weighted by Gasteiger charge is -2.16. The molecule has 16 heavy (non-hydrogen) atoms. The largest absolute Gasteiger partial charge is 0.351 e. The van der Waals surface area contributed by atoms with E-state index in [0.29, 0.717) is 0 Å². The Morgan fingerprint density at radius 2 is 2.31 bits per heavy atom. The molecule has 1 aliphatic heterocycles. The van der Waals surface area contributed by atoms with E-state index in [1.807, 2.05) is 18.3 Å². The molecule has 0 spiro atoms. The van der Waals surface area contributed by atoms with Crippen LogP contribution in [0.25, 0.3) is 5.57 Å². The van der Waals surface area contributed by atoms with E-state index in [-0.39, 0.29) is 0 Å². The van der Waals surface area contributed by atoms with Gasteiger partial charge in [-0.05, 0) is 11.6 Å². The van der Waals surface area contributed by atoms with Crippen molar-refractivity contribution in [1.82, 2.24) is 9.97 Å². The number of nitrogens with zero attached hydrogens (tertiary/aromatic N) is 1. The van der Waals surface area contributed by atoms with Crippen LogP contribution in [0, 0.1) is 0 Å². The van der Waals surface area contributed by atoms with Crippen molar-refractivity contribution in [3.8, 4) is 0 Å². The maximum atomic E-state index is 6.19. The van der Waals surface area contributed by atoms with Gasteiger partial charge in [-0.3, -0.25) is 0 Å². The Hall–Kier alpha value is -1.19. The number of nitrogens with one attached hydrogen (secondary N) is 1. The molecule has 2 heterocycles. The Balaban J connectivity index is 2.17. The number of hydrogen-bond donors (Lipinski definition) is 1. The predicted molar refractivity (Wildman–Crippen MR) is 67.8 cm³/mol. The maximum absolute atomic E-state index is 6.19. The van der Waals surface area contributed by atoms with Crippen molar-refractivity contribution in [2.45, 2.75) is 4.90 Å². The second-order valence-electron chi connectivity index (χ2n) is 3.50. The highest BCUT2D eigenvalue weighted by molar-refractivity contribution is 7.99. The molecule has 0 saturated carbocycles. The number of halogens is 1. The minimum absolute atomic E-state index is 0.823. The molecule has 1 N–H and O–H groups in total. The van der Waals surface area contributed by atoms with Gasteiger partial charge in [-0.1, -0.05) is 29.8 Å². The molecule has 80 valence electrons. The zero-order valence-electron chi connectivity index (χ0n) is 8.40. The molecule has 3 rings (SSSR count). The van der Waals surface area contributed by atoms with Gasteiger partial charge in [-0.25, -0.2) is 4.98 Å². The highest BCUT2D eigenvalue weighted by Crippen LogP contribution is 2.40. The van der Waals surface area contributed by atoms with Gasteiger partial charge in [0.05, 0.1) is 17.0 Å². The molecule has 1 aromatic heterocycles. The third-order valence-electron chi connectivity index (χ3n) is 2.55. The van der Waals surface area contributed by atoms with Crippen LogP contribution in [0.5, 0.6) is 0 Å². The Morgan fingerprint density at radius 3 is 3.12 bits per heavy atom. The van der Waals surface area contributed by atoms with Crippen molar-refractivity contribution in [1.29, 1.82) is 0 Å². The van der Waals surface area contributed by atoms with Gasteiger partial charge in [0.1, 0.15) is 0 Å². The summed E-state index contributed by atoms with van der Waals surface area (Å²) in [5.41, 5.74) is 3.32. The van der Waals surface area contributed by atoms with Gasteiger partial charge in [0.2, 0.25) is 0 Å². The van der Waals surface area contributed by atoms with E-state index in [1.165, 1.54) is 5.56 Å².